The van der Waals surface area contributed by atoms with Gasteiger partial charge in [-0.3, -0.25) is 0 Å². The first-order valence-electron chi connectivity index (χ1n) is 4.03. The molecule has 0 aliphatic heterocycles. The summed E-state index contributed by atoms with van der Waals surface area (Å²) in [5.41, 5.74) is 5.03. The van der Waals surface area contributed by atoms with E-state index in [1.165, 1.54) is 0 Å². The average molecular weight is 154 g/mol. The van der Waals surface area contributed by atoms with Crippen LogP contribution in [0.4, 0.5) is 0 Å². The molecule has 0 spiro atoms. The van der Waals surface area contributed by atoms with Gasteiger partial charge in [0, 0.05) is 6.04 Å². The molecule has 0 amide bonds. The van der Waals surface area contributed by atoms with Gasteiger partial charge in [0.05, 0.1) is 5.71 Å². The van der Waals surface area contributed by atoms with Crippen LogP contribution in [0.1, 0.15) is 34.1 Å². The van der Waals surface area contributed by atoms with Crippen LogP contribution >= 0.6 is 0 Å². The Morgan fingerprint density at radius 2 is 2.09 bits per heavy atom. The van der Waals surface area contributed by atoms with E-state index in [0.717, 1.165) is 17.7 Å². The molecule has 0 saturated heterocycles. The summed E-state index contributed by atoms with van der Waals surface area (Å²) in [7, 11) is 0. The molecule has 0 radical (unpaired) electrons. The molecule has 2 nitrogen and oxygen atoms in total. The first-order valence-corrected chi connectivity index (χ1v) is 4.03. The van der Waals surface area contributed by atoms with E-state index in [4.69, 9.17) is 0 Å². The predicted octanol–water partition coefficient (Wildman–Crippen LogP) is 2.33. The Morgan fingerprint density at radius 1 is 1.55 bits per heavy atom. The zero-order valence-corrected chi connectivity index (χ0v) is 7.94. The van der Waals surface area contributed by atoms with Gasteiger partial charge in [-0.1, -0.05) is 13.5 Å². The van der Waals surface area contributed by atoms with Crippen molar-refractivity contribution in [1.29, 1.82) is 0 Å². The molecule has 0 heterocycles. The third-order valence-electron chi connectivity index (χ3n) is 1.68. The summed E-state index contributed by atoms with van der Waals surface area (Å²) in [5.74, 6) is 0. The molecule has 0 bridgehead atoms. The van der Waals surface area contributed by atoms with Crippen LogP contribution in [0.2, 0.25) is 0 Å². The van der Waals surface area contributed by atoms with Crippen molar-refractivity contribution < 1.29 is 0 Å². The van der Waals surface area contributed by atoms with Gasteiger partial charge in [-0.15, -0.1) is 0 Å². The first-order chi connectivity index (χ1) is 5.07. The van der Waals surface area contributed by atoms with Crippen molar-refractivity contribution in [2.24, 2.45) is 5.10 Å². The number of hydrazone groups is 1. The zero-order valence-electron chi connectivity index (χ0n) is 7.94. The van der Waals surface area contributed by atoms with Crippen molar-refractivity contribution >= 4 is 5.71 Å². The van der Waals surface area contributed by atoms with E-state index in [1.54, 1.807) is 0 Å². The normalized spacial score (nSPS) is 14.4. The first kappa shape index (κ1) is 10.2. The molecule has 1 unspecified atom stereocenters. The van der Waals surface area contributed by atoms with Crippen molar-refractivity contribution in [3.63, 3.8) is 0 Å². The molecule has 0 aromatic heterocycles. The zero-order chi connectivity index (χ0) is 8.85. The summed E-state index contributed by atoms with van der Waals surface area (Å²) in [6.07, 6.45) is 1.09. The highest BCUT2D eigenvalue weighted by atomic mass is 15.3. The second-order valence-corrected chi connectivity index (χ2v) is 2.92. The minimum absolute atomic E-state index is 0.448. The van der Waals surface area contributed by atoms with Gasteiger partial charge in [-0.2, -0.15) is 5.10 Å². The highest BCUT2D eigenvalue weighted by Gasteiger charge is 1.94. The molecule has 1 N–H and O–H groups in total. The minimum atomic E-state index is 0.448. The molecule has 0 aliphatic carbocycles. The number of hydrogen-bond acceptors (Lipinski definition) is 2. The Morgan fingerprint density at radius 3 is 2.45 bits per heavy atom. The van der Waals surface area contributed by atoms with Crippen molar-refractivity contribution in [2.75, 3.05) is 0 Å². The van der Waals surface area contributed by atoms with Crippen molar-refractivity contribution in [2.45, 2.75) is 40.2 Å². The van der Waals surface area contributed by atoms with Gasteiger partial charge < -0.3 is 5.43 Å². The van der Waals surface area contributed by atoms with Crippen LogP contribution in [-0.2, 0) is 0 Å². The fraction of sp³-hybridized carbons (Fsp3) is 0.667. The molecule has 1 atom stereocenters. The van der Waals surface area contributed by atoms with E-state index < -0.39 is 0 Å². The van der Waals surface area contributed by atoms with Gasteiger partial charge in [0.25, 0.3) is 0 Å². The van der Waals surface area contributed by atoms with E-state index >= 15 is 0 Å². The third kappa shape index (κ3) is 4.59. The van der Waals surface area contributed by atoms with Gasteiger partial charge >= 0.3 is 0 Å². The lowest BCUT2D eigenvalue weighted by Gasteiger charge is -2.08. The van der Waals surface area contributed by atoms with Crippen molar-refractivity contribution in [1.82, 2.24) is 5.43 Å². The smallest absolute Gasteiger partial charge is 0.0595 e. The highest BCUT2D eigenvalue weighted by Crippen LogP contribution is 1.92. The van der Waals surface area contributed by atoms with Crippen molar-refractivity contribution in [3.8, 4) is 0 Å². The Hall–Kier alpha value is -0.790. The maximum atomic E-state index is 4.16. The summed E-state index contributed by atoms with van der Waals surface area (Å²) in [5, 5.41) is 4.16. The lowest BCUT2D eigenvalue weighted by Crippen LogP contribution is -2.20. The lowest BCUT2D eigenvalue weighted by molar-refractivity contribution is 0.557. The SMILES string of the molecule is C=C(C)C(C)=NNC(C)CC. The van der Waals surface area contributed by atoms with Crippen LogP contribution in [0.5, 0.6) is 0 Å². The molecule has 64 valence electrons. The standard InChI is InChI=1S/C9H18N2/c1-6-8(4)10-11-9(5)7(2)3/h8,10H,2,6H2,1,3-5H3. The van der Waals surface area contributed by atoms with Crippen LogP contribution < -0.4 is 5.43 Å². The molecule has 0 rings (SSSR count). The molecule has 2 heteroatoms. The molecule has 0 aromatic rings. The summed E-state index contributed by atoms with van der Waals surface area (Å²) >= 11 is 0. The summed E-state index contributed by atoms with van der Waals surface area (Å²) in [4.78, 5) is 0. The second-order valence-electron chi connectivity index (χ2n) is 2.92. The Labute approximate surface area is 69.4 Å². The van der Waals surface area contributed by atoms with E-state index in [0.29, 0.717) is 6.04 Å². The monoisotopic (exact) mass is 154 g/mol. The van der Waals surface area contributed by atoms with E-state index in [1.807, 2.05) is 13.8 Å². The maximum absolute atomic E-state index is 4.16. The predicted molar refractivity (Wildman–Crippen MR) is 50.8 cm³/mol. The Balaban J connectivity index is 3.82. The van der Waals surface area contributed by atoms with E-state index in [2.05, 4.69) is 31.0 Å². The lowest BCUT2D eigenvalue weighted by atomic mass is 10.2. The number of rotatable bonds is 4. The molecule has 0 fully saturated rings. The quantitative estimate of drug-likeness (QED) is 0.488. The summed E-state index contributed by atoms with van der Waals surface area (Å²) in [6, 6.07) is 0.448. The molecular formula is C9H18N2. The molecule has 11 heavy (non-hydrogen) atoms. The van der Waals surface area contributed by atoms with Gasteiger partial charge in [-0.25, -0.2) is 0 Å². The fourth-order valence-corrected chi connectivity index (χ4v) is 0.394. The highest BCUT2D eigenvalue weighted by molar-refractivity contribution is 5.96. The number of hydrogen-bond donors (Lipinski definition) is 1. The molecular weight excluding hydrogens is 136 g/mol. The fourth-order valence-electron chi connectivity index (χ4n) is 0.394. The maximum Gasteiger partial charge on any atom is 0.0595 e. The largest absolute Gasteiger partial charge is 0.307 e. The summed E-state index contributed by atoms with van der Waals surface area (Å²) < 4.78 is 0. The number of allylic oxidation sites excluding steroid dienone is 1. The van der Waals surface area contributed by atoms with Gasteiger partial charge in [0.2, 0.25) is 0 Å². The van der Waals surface area contributed by atoms with Crippen LogP contribution in [0.3, 0.4) is 0 Å². The van der Waals surface area contributed by atoms with Crippen LogP contribution in [-0.4, -0.2) is 11.8 Å². The minimum Gasteiger partial charge on any atom is -0.307 e. The number of nitrogens with one attached hydrogen (secondary N) is 1. The van der Waals surface area contributed by atoms with Crippen LogP contribution in [0.25, 0.3) is 0 Å². The molecule has 0 aliphatic rings. The Bertz CT molecular complexity index is 159. The molecule has 0 saturated carbocycles. The van der Waals surface area contributed by atoms with Gasteiger partial charge in [0.1, 0.15) is 0 Å². The number of nitrogens with zero attached hydrogens (tertiary/aromatic N) is 1. The van der Waals surface area contributed by atoms with Gasteiger partial charge in [-0.05, 0) is 32.8 Å². The molecule has 0 aromatic carbocycles. The van der Waals surface area contributed by atoms with Crippen LogP contribution in [0, 0.1) is 0 Å². The van der Waals surface area contributed by atoms with Crippen molar-refractivity contribution in [3.05, 3.63) is 12.2 Å². The third-order valence-corrected chi connectivity index (χ3v) is 1.68. The van der Waals surface area contributed by atoms with E-state index in [-0.39, 0.29) is 0 Å². The van der Waals surface area contributed by atoms with E-state index in [9.17, 15) is 0 Å². The Kier molecular flexibility index (Phi) is 4.59. The topological polar surface area (TPSA) is 24.4 Å². The van der Waals surface area contributed by atoms with Gasteiger partial charge in [0.15, 0.2) is 0 Å². The average Bonchev–Trinajstić information content (AvgIpc) is 1.99. The van der Waals surface area contributed by atoms with Crippen LogP contribution in [0.15, 0.2) is 17.3 Å². The summed E-state index contributed by atoms with van der Waals surface area (Å²) in [6.45, 7) is 11.9. The second kappa shape index (κ2) is 4.94.